The molecule has 0 bridgehead atoms. The number of rotatable bonds is 2. The number of benzene rings is 2. The van der Waals surface area contributed by atoms with Crippen molar-refractivity contribution in [1.29, 1.82) is 0 Å². The van der Waals surface area contributed by atoms with Gasteiger partial charge >= 0.3 is 0 Å². The highest BCUT2D eigenvalue weighted by Gasteiger charge is 2.15. The molecule has 0 unspecified atom stereocenters. The minimum atomic E-state index is -0.833. The second kappa shape index (κ2) is 11.3. The fourth-order valence-electron chi connectivity index (χ4n) is 2.05. The number of aliphatic carboxylic acids is 1. The summed E-state index contributed by atoms with van der Waals surface area (Å²) in [7, 11) is 0. The van der Waals surface area contributed by atoms with Crippen LogP contribution < -0.4 is 5.32 Å². The monoisotopic (exact) mass is 395 g/mol. The van der Waals surface area contributed by atoms with Gasteiger partial charge in [0.1, 0.15) is 0 Å². The number of carbonyl (C=O) groups excluding carboxylic acids is 2. The summed E-state index contributed by atoms with van der Waals surface area (Å²) in [5.74, 6) is -1.13. The molecule has 1 heterocycles. The van der Waals surface area contributed by atoms with Crippen molar-refractivity contribution in [3.05, 3.63) is 69.7 Å². The predicted octanol–water partition coefficient (Wildman–Crippen LogP) is 4.10. The van der Waals surface area contributed by atoms with E-state index in [0.29, 0.717) is 22.9 Å². The molecular formula is C19H19Cl2NO4. The molecule has 1 saturated heterocycles. The molecule has 0 spiro atoms. The average molecular weight is 396 g/mol. The minimum Gasteiger partial charge on any atom is -0.481 e. The molecule has 1 aliphatic rings. The summed E-state index contributed by atoms with van der Waals surface area (Å²) >= 11 is 11.9. The van der Waals surface area contributed by atoms with Gasteiger partial charge in [0.05, 0.1) is 0 Å². The van der Waals surface area contributed by atoms with Crippen molar-refractivity contribution in [3.63, 3.8) is 0 Å². The lowest BCUT2D eigenvalue weighted by molar-refractivity contribution is -0.134. The lowest BCUT2D eigenvalue weighted by Gasteiger charge is -2.03. The average Bonchev–Trinajstić information content (AvgIpc) is 2.90. The largest absolute Gasteiger partial charge is 0.481 e. The van der Waals surface area contributed by atoms with E-state index in [9.17, 15) is 9.59 Å². The van der Waals surface area contributed by atoms with Gasteiger partial charge < -0.3 is 5.11 Å². The van der Waals surface area contributed by atoms with Gasteiger partial charge in [0.25, 0.3) is 5.97 Å². The van der Waals surface area contributed by atoms with E-state index >= 15 is 0 Å². The third kappa shape index (κ3) is 9.81. The van der Waals surface area contributed by atoms with Gasteiger partial charge in [-0.2, -0.15) is 0 Å². The fraction of sp³-hybridized carbons (Fsp3) is 0.211. The van der Waals surface area contributed by atoms with Crippen molar-refractivity contribution in [2.45, 2.75) is 26.2 Å². The standard InChI is InChI=1S/C13H10Cl2.C4H5NO2.C2H4O2/c14-12-7-11(8-13(15)9-12)6-10-4-2-1-3-5-10;6-3-1-2-4(7)5-3;1-2(3)4/h1-5,7-9H,6H2;1-2H2,(H,5,6,7);1H3,(H,3,4). The molecule has 2 amide bonds. The Morgan fingerprint density at radius 1 is 0.962 bits per heavy atom. The van der Waals surface area contributed by atoms with Crippen LogP contribution in [0.15, 0.2) is 48.5 Å². The molecule has 0 aromatic heterocycles. The highest BCUT2D eigenvalue weighted by molar-refractivity contribution is 6.34. The number of carboxylic acids is 1. The van der Waals surface area contributed by atoms with Crippen LogP contribution in [0.25, 0.3) is 0 Å². The van der Waals surface area contributed by atoms with Crippen molar-refractivity contribution in [3.8, 4) is 0 Å². The maximum Gasteiger partial charge on any atom is 0.300 e. The number of amides is 2. The van der Waals surface area contributed by atoms with E-state index in [1.807, 2.05) is 30.3 Å². The van der Waals surface area contributed by atoms with E-state index in [1.165, 1.54) is 5.56 Å². The summed E-state index contributed by atoms with van der Waals surface area (Å²) in [6.45, 7) is 1.08. The first-order valence-electron chi connectivity index (χ1n) is 7.77. The molecule has 0 atom stereocenters. The minimum absolute atomic E-state index is 0.148. The van der Waals surface area contributed by atoms with Crippen LogP contribution in [-0.4, -0.2) is 22.9 Å². The van der Waals surface area contributed by atoms with Gasteiger partial charge in [-0.3, -0.25) is 19.7 Å². The number of carbonyl (C=O) groups is 3. The number of halogens is 2. The van der Waals surface area contributed by atoms with E-state index in [1.54, 1.807) is 6.07 Å². The van der Waals surface area contributed by atoms with E-state index < -0.39 is 5.97 Å². The zero-order valence-corrected chi connectivity index (χ0v) is 15.7. The number of hydrogen-bond acceptors (Lipinski definition) is 3. The number of nitrogens with one attached hydrogen (secondary N) is 1. The molecule has 2 aromatic carbocycles. The summed E-state index contributed by atoms with van der Waals surface area (Å²) in [6.07, 6.45) is 1.61. The first-order chi connectivity index (χ1) is 12.3. The van der Waals surface area contributed by atoms with E-state index in [-0.39, 0.29) is 11.8 Å². The Morgan fingerprint density at radius 2 is 1.42 bits per heavy atom. The maximum absolute atomic E-state index is 10.1. The van der Waals surface area contributed by atoms with Crippen LogP contribution in [-0.2, 0) is 20.8 Å². The zero-order valence-electron chi connectivity index (χ0n) is 14.2. The molecule has 2 N–H and O–H groups in total. The van der Waals surface area contributed by atoms with Crippen LogP contribution >= 0.6 is 23.2 Å². The van der Waals surface area contributed by atoms with Crippen molar-refractivity contribution >= 4 is 41.0 Å². The lowest BCUT2D eigenvalue weighted by atomic mass is 10.1. The summed E-state index contributed by atoms with van der Waals surface area (Å²) in [6, 6.07) is 15.9. The van der Waals surface area contributed by atoms with Crippen LogP contribution in [0.2, 0.25) is 10.0 Å². The molecule has 3 rings (SSSR count). The van der Waals surface area contributed by atoms with Crippen molar-refractivity contribution in [2.75, 3.05) is 0 Å². The second-order valence-electron chi connectivity index (χ2n) is 5.43. The molecular weight excluding hydrogens is 377 g/mol. The lowest BCUT2D eigenvalue weighted by Crippen LogP contribution is -2.18. The summed E-state index contributed by atoms with van der Waals surface area (Å²) in [5.41, 5.74) is 2.40. The van der Waals surface area contributed by atoms with Crippen molar-refractivity contribution in [2.24, 2.45) is 0 Å². The highest BCUT2D eigenvalue weighted by atomic mass is 35.5. The van der Waals surface area contributed by atoms with Gasteiger partial charge in [0.15, 0.2) is 0 Å². The van der Waals surface area contributed by atoms with Crippen molar-refractivity contribution < 1.29 is 19.5 Å². The molecule has 0 aliphatic carbocycles. The predicted molar refractivity (Wildman–Crippen MR) is 101 cm³/mol. The van der Waals surface area contributed by atoms with E-state index in [0.717, 1.165) is 18.9 Å². The SMILES string of the molecule is CC(=O)O.Clc1cc(Cl)cc(Cc2ccccc2)c1.O=C1CCC(=O)N1. The third-order valence-electron chi connectivity index (χ3n) is 3.03. The molecule has 2 aromatic rings. The Bertz CT molecular complexity index is 725. The van der Waals surface area contributed by atoms with Gasteiger partial charge in [-0.05, 0) is 35.7 Å². The smallest absolute Gasteiger partial charge is 0.300 e. The Kier molecular flexibility index (Phi) is 9.41. The molecule has 5 nitrogen and oxygen atoms in total. The Morgan fingerprint density at radius 3 is 1.81 bits per heavy atom. The Hall–Kier alpha value is -2.37. The van der Waals surface area contributed by atoms with Crippen molar-refractivity contribution in [1.82, 2.24) is 5.32 Å². The summed E-state index contributed by atoms with van der Waals surface area (Å²) < 4.78 is 0. The third-order valence-corrected chi connectivity index (χ3v) is 3.47. The van der Waals surface area contributed by atoms with Gasteiger partial charge in [0, 0.05) is 29.8 Å². The first kappa shape index (κ1) is 21.7. The van der Waals surface area contributed by atoms with E-state index in [2.05, 4.69) is 17.4 Å². The molecule has 0 saturated carbocycles. The van der Waals surface area contributed by atoms with Crippen LogP contribution in [0.4, 0.5) is 0 Å². The number of imide groups is 1. The molecule has 1 aliphatic heterocycles. The van der Waals surface area contributed by atoms with E-state index in [4.69, 9.17) is 33.1 Å². The fourth-order valence-corrected chi connectivity index (χ4v) is 2.62. The highest BCUT2D eigenvalue weighted by Crippen LogP contribution is 2.21. The van der Waals surface area contributed by atoms with Gasteiger partial charge in [0.2, 0.25) is 11.8 Å². The van der Waals surface area contributed by atoms with Crippen LogP contribution in [0.5, 0.6) is 0 Å². The van der Waals surface area contributed by atoms with Crippen LogP contribution in [0.3, 0.4) is 0 Å². The quantitative estimate of drug-likeness (QED) is 0.749. The number of carboxylic acid groups (broad SMARTS) is 1. The molecule has 138 valence electrons. The first-order valence-corrected chi connectivity index (χ1v) is 8.53. The van der Waals surface area contributed by atoms with Crippen LogP contribution in [0.1, 0.15) is 30.9 Å². The van der Waals surface area contributed by atoms with Gasteiger partial charge in [-0.15, -0.1) is 0 Å². The molecule has 26 heavy (non-hydrogen) atoms. The van der Waals surface area contributed by atoms with Gasteiger partial charge in [-0.25, -0.2) is 0 Å². The van der Waals surface area contributed by atoms with Gasteiger partial charge in [-0.1, -0.05) is 53.5 Å². The maximum atomic E-state index is 10.1. The molecule has 1 fully saturated rings. The molecule has 7 heteroatoms. The molecule has 0 radical (unpaired) electrons. The normalized spacial score (nSPS) is 12.3. The Labute approximate surface area is 161 Å². The zero-order chi connectivity index (χ0) is 19.5. The van der Waals surface area contributed by atoms with Crippen LogP contribution in [0, 0.1) is 0 Å². The summed E-state index contributed by atoms with van der Waals surface area (Å²) in [5, 5.41) is 10.9. The second-order valence-corrected chi connectivity index (χ2v) is 6.30. The Balaban J connectivity index is 0.000000255. The summed E-state index contributed by atoms with van der Waals surface area (Å²) in [4.78, 5) is 29.2. The topological polar surface area (TPSA) is 83.5 Å². The number of hydrogen-bond donors (Lipinski definition) is 2.